The first-order valence-corrected chi connectivity index (χ1v) is 12.5. The molecule has 0 unspecified atom stereocenters. The van der Waals surface area contributed by atoms with Gasteiger partial charge in [-0.05, 0) is 51.0 Å². The van der Waals surface area contributed by atoms with E-state index in [0.717, 1.165) is 16.1 Å². The van der Waals surface area contributed by atoms with E-state index in [9.17, 15) is 18.0 Å². The first kappa shape index (κ1) is 25.7. The zero-order chi connectivity index (χ0) is 24.1. The molecule has 0 aromatic heterocycles. The summed E-state index contributed by atoms with van der Waals surface area (Å²) < 4.78 is 26.2. The summed E-state index contributed by atoms with van der Waals surface area (Å²) in [4.78, 5) is 27.5. The average molecular weight is 480 g/mol. The largest absolute Gasteiger partial charge is 0.352 e. The Balaban J connectivity index is 2.41. The van der Waals surface area contributed by atoms with Gasteiger partial charge in [-0.1, -0.05) is 48.0 Å². The van der Waals surface area contributed by atoms with Crippen LogP contribution in [-0.2, 0) is 26.2 Å². The summed E-state index contributed by atoms with van der Waals surface area (Å²) in [5, 5.41) is 3.21. The van der Waals surface area contributed by atoms with Crippen molar-refractivity contribution in [3.63, 3.8) is 0 Å². The van der Waals surface area contributed by atoms with Crippen LogP contribution in [0, 0.1) is 6.92 Å². The Morgan fingerprint density at radius 1 is 1.03 bits per heavy atom. The Morgan fingerprint density at radius 2 is 1.66 bits per heavy atom. The van der Waals surface area contributed by atoms with Crippen molar-refractivity contribution in [2.45, 2.75) is 46.3 Å². The molecule has 2 rings (SSSR count). The van der Waals surface area contributed by atoms with Gasteiger partial charge < -0.3 is 10.2 Å². The molecule has 0 bridgehead atoms. The third-order valence-electron chi connectivity index (χ3n) is 4.98. The van der Waals surface area contributed by atoms with Gasteiger partial charge in [0.2, 0.25) is 21.8 Å². The molecule has 0 aliphatic heterocycles. The molecular weight excluding hydrogens is 450 g/mol. The maximum absolute atomic E-state index is 13.4. The lowest BCUT2D eigenvalue weighted by Crippen LogP contribution is -2.52. The molecule has 2 aromatic rings. The second-order valence-corrected chi connectivity index (χ2v) is 10.3. The summed E-state index contributed by atoms with van der Waals surface area (Å²) in [5.41, 5.74) is 1.70. The topological polar surface area (TPSA) is 86.8 Å². The highest BCUT2D eigenvalue weighted by atomic mass is 35.5. The molecule has 0 aliphatic carbocycles. The van der Waals surface area contributed by atoms with Crippen molar-refractivity contribution in [2.75, 3.05) is 17.1 Å². The molecule has 0 aliphatic rings. The predicted molar refractivity (Wildman–Crippen MR) is 128 cm³/mol. The summed E-state index contributed by atoms with van der Waals surface area (Å²) in [6.45, 7) is 6.71. The zero-order valence-electron chi connectivity index (χ0n) is 19.0. The molecule has 0 fully saturated rings. The maximum atomic E-state index is 13.4. The monoisotopic (exact) mass is 479 g/mol. The van der Waals surface area contributed by atoms with Crippen molar-refractivity contribution in [1.82, 2.24) is 10.2 Å². The number of anilines is 1. The lowest BCUT2D eigenvalue weighted by atomic mass is 10.1. The second kappa shape index (κ2) is 10.8. The summed E-state index contributed by atoms with van der Waals surface area (Å²) in [6.07, 6.45) is 1.04. The fraction of sp³-hybridized carbons (Fsp3) is 0.391. The summed E-state index contributed by atoms with van der Waals surface area (Å²) >= 11 is 6.19. The van der Waals surface area contributed by atoms with Crippen LogP contribution in [0.5, 0.6) is 0 Å². The van der Waals surface area contributed by atoms with Crippen molar-refractivity contribution in [3.05, 3.63) is 64.7 Å². The third kappa shape index (κ3) is 6.71. The number of amides is 2. The smallest absolute Gasteiger partial charge is 0.244 e. The van der Waals surface area contributed by atoms with Gasteiger partial charge in [-0.3, -0.25) is 13.9 Å². The van der Waals surface area contributed by atoms with Crippen LogP contribution in [0.4, 0.5) is 5.69 Å². The van der Waals surface area contributed by atoms with Gasteiger partial charge in [-0.2, -0.15) is 0 Å². The van der Waals surface area contributed by atoms with E-state index < -0.39 is 28.5 Å². The Labute approximate surface area is 195 Å². The number of hydrogen-bond acceptors (Lipinski definition) is 4. The number of rotatable bonds is 9. The van der Waals surface area contributed by atoms with Gasteiger partial charge in [0.05, 0.1) is 11.9 Å². The molecule has 0 heterocycles. The molecule has 9 heteroatoms. The summed E-state index contributed by atoms with van der Waals surface area (Å²) in [7, 11) is -3.80. The first-order chi connectivity index (χ1) is 14.9. The van der Waals surface area contributed by atoms with Crippen LogP contribution in [0.2, 0.25) is 5.02 Å². The van der Waals surface area contributed by atoms with Crippen molar-refractivity contribution in [3.8, 4) is 0 Å². The minimum absolute atomic E-state index is 0.0970. The number of carbonyl (C=O) groups excluding carboxylic acids is 2. The fourth-order valence-corrected chi connectivity index (χ4v) is 4.30. The summed E-state index contributed by atoms with van der Waals surface area (Å²) in [6, 6.07) is 13.2. The molecule has 1 N–H and O–H groups in total. The number of carbonyl (C=O) groups is 2. The Hall–Kier alpha value is -2.58. The molecular formula is C23H30ClN3O4S. The van der Waals surface area contributed by atoms with E-state index in [-0.39, 0.29) is 18.5 Å². The third-order valence-corrected chi connectivity index (χ3v) is 6.52. The first-order valence-electron chi connectivity index (χ1n) is 10.3. The van der Waals surface area contributed by atoms with E-state index >= 15 is 0 Å². The molecule has 2 amide bonds. The van der Waals surface area contributed by atoms with Gasteiger partial charge in [0, 0.05) is 17.6 Å². The SMILES string of the molecule is Cc1c(Cl)cccc1N(CC(=O)N(Cc1ccccc1)[C@H](C)C(=O)NC(C)C)S(C)(=O)=O. The van der Waals surface area contributed by atoms with E-state index in [1.54, 1.807) is 32.0 Å². The lowest BCUT2D eigenvalue weighted by molar-refractivity contribution is -0.139. The van der Waals surface area contributed by atoms with Crippen LogP contribution >= 0.6 is 11.6 Å². The zero-order valence-corrected chi connectivity index (χ0v) is 20.6. The molecule has 32 heavy (non-hydrogen) atoms. The van der Waals surface area contributed by atoms with Crippen LogP contribution in [0.1, 0.15) is 31.9 Å². The number of halogens is 1. The van der Waals surface area contributed by atoms with Crippen LogP contribution in [-0.4, -0.2) is 50.0 Å². The molecule has 2 aromatic carbocycles. The van der Waals surface area contributed by atoms with Crippen molar-refractivity contribution in [2.24, 2.45) is 0 Å². The lowest BCUT2D eigenvalue weighted by Gasteiger charge is -2.32. The van der Waals surface area contributed by atoms with Crippen molar-refractivity contribution >= 4 is 39.1 Å². The van der Waals surface area contributed by atoms with Crippen molar-refractivity contribution in [1.29, 1.82) is 0 Å². The molecule has 0 saturated heterocycles. The highest BCUT2D eigenvalue weighted by Crippen LogP contribution is 2.28. The number of hydrogen-bond donors (Lipinski definition) is 1. The number of sulfonamides is 1. The average Bonchev–Trinajstić information content (AvgIpc) is 2.71. The Morgan fingerprint density at radius 3 is 2.22 bits per heavy atom. The minimum atomic E-state index is -3.80. The molecule has 1 atom stereocenters. The Kier molecular flexibility index (Phi) is 8.69. The summed E-state index contributed by atoms with van der Waals surface area (Å²) in [5.74, 6) is -0.806. The quantitative estimate of drug-likeness (QED) is 0.597. The van der Waals surface area contributed by atoms with Gasteiger partial charge in [0.1, 0.15) is 12.6 Å². The maximum Gasteiger partial charge on any atom is 0.244 e. The standard InChI is InChI=1S/C23H30ClN3O4S/c1-16(2)25-23(29)18(4)26(14-19-10-7-6-8-11-19)22(28)15-27(32(5,30)31)21-13-9-12-20(24)17(21)3/h6-13,16,18H,14-15H2,1-5H3,(H,25,29)/t18-/m1/s1. The van der Waals surface area contributed by atoms with Crippen LogP contribution in [0.3, 0.4) is 0 Å². The number of nitrogens with zero attached hydrogens (tertiary/aromatic N) is 2. The minimum Gasteiger partial charge on any atom is -0.352 e. The van der Waals surface area contributed by atoms with E-state index in [4.69, 9.17) is 11.6 Å². The molecule has 0 radical (unpaired) electrons. The molecule has 0 saturated carbocycles. The van der Waals surface area contributed by atoms with E-state index in [0.29, 0.717) is 16.3 Å². The van der Waals surface area contributed by atoms with Gasteiger partial charge >= 0.3 is 0 Å². The Bertz CT molecular complexity index is 1060. The molecule has 0 spiro atoms. The van der Waals surface area contributed by atoms with Crippen LogP contribution in [0.25, 0.3) is 0 Å². The van der Waals surface area contributed by atoms with Gasteiger partial charge in [-0.15, -0.1) is 0 Å². The molecule has 174 valence electrons. The van der Waals surface area contributed by atoms with Crippen molar-refractivity contribution < 1.29 is 18.0 Å². The highest BCUT2D eigenvalue weighted by Gasteiger charge is 2.30. The van der Waals surface area contributed by atoms with Crippen LogP contribution < -0.4 is 9.62 Å². The van der Waals surface area contributed by atoms with Gasteiger partial charge in [0.25, 0.3) is 0 Å². The van der Waals surface area contributed by atoms with Gasteiger partial charge in [0.15, 0.2) is 0 Å². The molecule has 7 nitrogen and oxygen atoms in total. The number of benzene rings is 2. The second-order valence-electron chi connectivity index (χ2n) is 8.00. The van der Waals surface area contributed by atoms with E-state index in [1.165, 1.54) is 4.90 Å². The predicted octanol–water partition coefficient (Wildman–Crippen LogP) is 3.36. The normalized spacial score (nSPS) is 12.3. The number of nitrogens with one attached hydrogen (secondary N) is 1. The van der Waals surface area contributed by atoms with Crippen LogP contribution in [0.15, 0.2) is 48.5 Å². The van der Waals surface area contributed by atoms with E-state index in [1.807, 2.05) is 44.2 Å². The fourth-order valence-electron chi connectivity index (χ4n) is 3.23. The van der Waals surface area contributed by atoms with E-state index in [2.05, 4.69) is 5.32 Å². The highest BCUT2D eigenvalue weighted by molar-refractivity contribution is 7.92. The van der Waals surface area contributed by atoms with Gasteiger partial charge in [-0.25, -0.2) is 8.42 Å².